The maximum Gasteiger partial charge on any atom is 0.386 e. The molecule has 4 aromatic carbocycles. The number of rotatable bonds is 4. The Morgan fingerprint density at radius 3 is 1.18 bits per heavy atom. The molecule has 0 aliphatic heterocycles. The van der Waals surface area contributed by atoms with Gasteiger partial charge in [0, 0.05) is 93.2 Å². The summed E-state index contributed by atoms with van der Waals surface area (Å²) in [5.74, 6) is -1.48. The first-order chi connectivity index (χ1) is 48.4. The SMILES string of the molecule is CC.CC.CC(F)(F)F.CC(F)(F)F.CC1(C)C(C=C2C(=O)c3ccccc3C2=O)=Cc2sc3c(sc4cc(C=C5C(=O)c6ccccc6C5=O)sc43)c21.CC1(C)C(N=C2C(=O)c3ccccc3C2=C(C#N)C#N)=Cc2sc3c(sc4cc(N=C5C(=O)c6ccccc6C5=C(C#N)C#N)sc43)c21. The molecular formula is C78H52F6N6O6S6. The average molecular weight is 1480 g/mol. The van der Waals surface area contributed by atoms with Crippen molar-refractivity contribution in [1.29, 1.82) is 21.0 Å². The summed E-state index contributed by atoms with van der Waals surface area (Å²) in [4.78, 5) is 91.3. The molecular weight excluding hydrogens is 1420 g/mol. The number of carbonyl (C=O) groups is 6. The molecule has 6 heterocycles. The zero-order valence-electron chi connectivity index (χ0n) is 55.6. The lowest BCUT2D eigenvalue weighted by molar-refractivity contribution is -0.111. The third-order valence-electron chi connectivity index (χ3n) is 16.8. The number of alkyl halides is 6. The summed E-state index contributed by atoms with van der Waals surface area (Å²) in [7, 11) is 0. The fraction of sp³-hybridized carbons (Fsp3) is 0.179. The summed E-state index contributed by atoms with van der Waals surface area (Å²) in [5, 5.41) is 39.3. The first kappa shape index (κ1) is 72.7. The van der Waals surface area contributed by atoms with Crippen LogP contribution < -0.4 is 0 Å². The molecule has 10 aromatic rings. The number of Topliss-reactive ketones (excluding diaryl/α,β-unsaturated/α-hetero) is 6. The van der Waals surface area contributed by atoms with Crippen molar-refractivity contribution < 1.29 is 55.1 Å². The molecule has 0 fully saturated rings. The largest absolute Gasteiger partial charge is 0.386 e. The van der Waals surface area contributed by atoms with Gasteiger partial charge in [0.2, 0.25) is 11.6 Å². The Bertz CT molecular complexity index is 5700. The second-order valence-corrected chi connectivity index (χ2v) is 30.2. The van der Waals surface area contributed by atoms with E-state index in [1.165, 1.54) is 26.3 Å². The van der Waals surface area contributed by atoms with Crippen molar-refractivity contribution in [3.63, 3.8) is 0 Å². The second-order valence-electron chi connectivity index (χ2n) is 23.9. The summed E-state index contributed by atoms with van der Waals surface area (Å²) >= 11 is 9.70. The Morgan fingerprint density at radius 2 is 0.765 bits per heavy atom. The van der Waals surface area contributed by atoms with Crippen molar-refractivity contribution in [2.45, 2.75) is 92.4 Å². The Labute approximate surface area is 603 Å². The van der Waals surface area contributed by atoms with E-state index in [0.29, 0.717) is 55.2 Å². The summed E-state index contributed by atoms with van der Waals surface area (Å²) < 4.78 is 71.0. The van der Waals surface area contributed by atoms with Crippen LogP contribution in [0.4, 0.5) is 31.3 Å². The van der Waals surface area contributed by atoms with Crippen LogP contribution in [0, 0.1) is 45.3 Å². The van der Waals surface area contributed by atoms with Gasteiger partial charge in [0.15, 0.2) is 23.1 Å². The lowest BCUT2D eigenvalue weighted by atomic mass is 9.81. The van der Waals surface area contributed by atoms with Crippen LogP contribution in [-0.2, 0) is 10.8 Å². The van der Waals surface area contributed by atoms with Crippen LogP contribution in [-0.4, -0.2) is 58.5 Å². The molecule has 0 spiro atoms. The third-order valence-corrected chi connectivity index (χ3v) is 24.3. The highest BCUT2D eigenvalue weighted by atomic mass is 32.1. The quantitative estimate of drug-likeness (QED) is 0.0701. The number of nitriles is 4. The fourth-order valence-corrected chi connectivity index (χ4v) is 21.3. The van der Waals surface area contributed by atoms with Gasteiger partial charge in [-0.2, -0.15) is 47.4 Å². The predicted octanol–water partition coefficient (Wildman–Crippen LogP) is 22.2. The van der Waals surface area contributed by atoms with Gasteiger partial charge in [-0.3, -0.25) is 28.8 Å². The van der Waals surface area contributed by atoms with Crippen LogP contribution in [0.1, 0.15) is 168 Å². The molecule has 0 saturated heterocycles. The molecule has 16 rings (SSSR count). The summed E-state index contributed by atoms with van der Waals surface area (Å²) in [6, 6.07) is 39.5. The lowest BCUT2D eigenvalue weighted by Gasteiger charge is -2.22. The van der Waals surface area contributed by atoms with E-state index in [4.69, 9.17) is 9.98 Å². The van der Waals surface area contributed by atoms with E-state index in [1.807, 2.05) is 64.1 Å². The van der Waals surface area contributed by atoms with Crippen LogP contribution >= 0.6 is 68.0 Å². The zero-order valence-corrected chi connectivity index (χ0v) is 60.5. The molecule has 0 amide bonds. The summed E-state index contributed by atoms with van der Waals surface area (Å²) in [5.41, 5.74) is 7.65. The van der Waals surface area contributed by atoms with Gasteiger partial charge in [-0.05, 0) is 64.3 Å². The zero-order chi connectivity index (χ0) is 74.0. The van der Waals surface area contributed by atoms with Crippen LogP contribution in [0.25, 0.3) is 67.0 Å². The molecule has 0 N–H and O–H groups in total. The topological polar surface area (TPSA) is 222 Å². The highest BCUT2D eigenvalue weighted by Crippen LogP contribution is 2.58. The Kier molecular flexibility index (Phi) is 19.8. The minimum atomic E-state index is -4.00. The molecule has 0 radical (unpaired) electrons. The van der Waals surface area contributed by atoms with Gasteiger partial charge in [-0.15, -0.1) is 68.0 Å². The van der Waals surface area contributed by atoms with Crippen molar-refractivity contribution in [3.05, 3.63) is 219 Å². The molecule has 0 unspecified atom stereocenters. The van der Waals surface area contributed by atoms with Gasteiger partial charge in [0.05, 0.1) is 45.0 Å². The van der Waals surface area contributed by atoms with Crippen LogP contribution in [0.5, 0.6) is 0 Å². The van der Waals surface area contributed by atoms with E-state index in [9.17, 15) is 76.2 Å². The third kappa shape index (κ3) is 12.8. The van der Waals surface area contributed by atoms with Gasteiger partial charge < -0.3 is 0 Å². The summed E-state index contributed by atoms with van der Waals surface area (Å²) in [6.07, 6.45) is -0.393. The van der Waals surface area contributed by atoms with Crippen molar-refractivity contribution in [3.8, 4) is 24.3 Å². The van der Waals surface area contributed by atoms with Gasteiger partial charge >= 0.3 is 12.4 Å². The molecule has 6 aliphatic carbocycles. The highest BCUT2D eigenvalue weighted by Gasteiger charge is 2.43. The normalized spacial score (nSPS) is 16.2. The predicted molar refractivity (Wildman–Crippen MR) is 397 cm³/mol. The molecule has 0 atom stereocenters. The number of nitrogens with zero attached hydrogens (tertiary/aromatic N) is 6. The number of carbonyl (C=O) groups excluding carboxylic acids is 6. The molecule has 12 nitrogen and oxygen atoms in total. The van der Waals surface area contributed by atoms with Gasteiger partial charge in [0.1, 0.15) is 51.8 Å². The molecule has 0 bridgehead atoms. The molecule has 508 valence electrons. The monoisotopic (exact) mass is 1470 g/mol. The van der Waals surface area contributed by atoms with Crippen molar-refractivity contribution in [1.82, 2.24) is 0 Å². The number of hydrogen-bond acceptors (Lipinski definition) is 18. The average Bonchev–Trinajstić information content (AvgIpc) is 1.55. The Hall–Kier alpha value is -10.5. The first-order valence-electron chi connectivity index (χ1n) is 31.4. The second kappa shape index (κ2) is 27.8. The number of fused-ring (bicyclic) bond motifs is 14. The van der Waals surface area contributed by atoms with E-state index < -0.39 is 17.8 Å². The van der Waals surface area contributed by atoms with Crippen LogP contribution in [0.2, 0.25) is 0 Å². The summed E-state index contributed by atoms with van der Waals surface area (Å²) in [6.45, 7) is 16.8. The van der Waals surface area contributed by atoms with E-state index in [1.54, 1.807) is 166 Å². The van der Waals surface area contributed by atoms with Gasteiger partial charge in [0.25, 0.3) is 0 Å². The van der Waals surface area contributed by atoms with Crippen LogP contribution in [0.15, 0.2) is 159 Å². The fourth-order valence-electron chi connectivity index (χ4n) is 12.5. The maximum absolute atomic E-state index is 13.5. The number of aliphatic imine (C=N–C) groups is 2. The Balaban J connectivity index is 0.000000175. The molecule has 6 aliphatic rings. The Morgan fingerprint density at radius 1 is 0.422 bits per heavy atom. The number of ketones is 6. The number of halogens is 6. The standard InChI is InChI=1S/C37H16N6O2S3.C33H18O4S3.2C2H3F3.2C2H6/c1-37(2)25(42-30-27(17(13-38)14-39)19-7-3-5-9-21(19)32(30)44)11-23-29(37)35-36(46-23)34-24(47-35)12-26(48-34)43-31-28(18(15-40)16-41)20-8-4-6-10-22(20)33(31)45;1-33(2)15(11-21-26(34)17-7-3-4-8-18(17)27(21)35)12-23-25(33)31-32(39-23)30-24(40-31)14-16(38-30)13-22-28(36)19-9-5-6-10-20(19)29(22)37;2*1-2(3,4)5;2*1-2/h3-12H,1-2H3;3-14H,1-2H3;2*1H3;2*1-2H3. The molecule has 102 heavy (non-hydrogen) atoms. The lowest BCUT2D eigenvalue weighted by Crippen LogP contribution is -2.18. The smallest absolute Gasteiger partial charge is 0.288 e. The van der Waals surface area contributed by atoms with Gasteiger partial charge in [-0.25, -0.2) is 9.98 Å². The maximum atomic E-state index is 13.5. The van der Waals surface area contributed by atoms with Crippen molar-refractivity contribution >= 4 is 186 Å². The van der Waals surface area contributed by atoms with E-state index in [-0.39, 0.29) is 98.8 Å². The highest BCUT2D eigenvalue weighted by molar-refractivity contribution is 7.40. The minimum absolute atomic E-state index is 0.0916. The molecule has 24 heteroatoms. The van der Waals surface area contributed by atoms with E-state index >= 15 is 0 Å². The van der Waals surface area contributed by atoms with E-state index in [0.717, 1.165) is 54.0 Å². The van der Waals surface area contributed by atoms with Crippen molar-refractivity contribution in [2.75, 3.05) is 0 Å². The number of thiophene rings is 6. The minimum Gasteiger partial charge on any atom is -0.288 e. The van der Waals surface area contributed by atoms with E-state index in [2.05, 4.69) is 39.8 Å². The van der Waals surface area contributed by atoms with Crippen LogP contribution in [0.3, 0.4) is 0 Å². The molecule has 0 saturated carbocycles. The van der Waals surface area contributed by atoms with Gasteiger partial charge in [-0.1, -0.05) is 152 Å². The number of benzene rings is 4. The number of allylic oxidation sites excluding steroid dienone is 9. The first-order valence-corrected chi connectivity index (χ1v) is 36.3. The number of hydrogen-bond donors (Lipinski definition) is 0. The van der Waals surface area contributed by atoms with Crippen molar-refractivity contribution in [2.24, 2.45) is 9.98 Å². The molecule has 6 aromatic heterocycles.